The van der Waals surface area contributed by atoms with Crippen molar-refractivity contribution in [3.63, 3.8) is 0 Å². The minimum absolute atomic E-state index is 0.0358. The largest absolute Gasteiger partial charge is 0.396 e. The fourth-order valence-electron chi connectivity index (χ4n) is 3.14. The molecule has 6 nitrogen and oxygen atoms in total. The van der Waals surface area contributed by atoms with Crippen molar-refractivity contribution in [2.45, 2.75) is 32.2 Å². The quantitative estimate of drug-likeness (QED) is 0.835. The second-order valence-corrected chi connectivity index (χ2v) is 6.30. The van der Waals surface area contributed by atoms with Gasteiger partial charge in [-0.25, -0.2) is 4.98 Å². The van der Waals surface area contributed by atoms with Crippen LogP contribution >= 0.6 is 0 Å². The first-order valence-corrected chi connectivity index (χ1v) is 7.95. The first-order valence-electron chi connectivity index (χ1n) is 7.95. The molecule has 2 N–H and O–H groups in total. The molecule has 0 atom stereocenters. The number of fused-ring (bicyclic) bond motifs is 1. The lowest BCUT2D eigenvalue weighted by molar-refractivity contribution is -0.122. The van der Waals surface area contributed by atoms with Crippen LogP contribution in [0.1, 0.15) is 25.7 Å². The minimum atomic E-state index is -0.209. The average molecular weight is 315 g/mol. The van der Waals surface area contributed by atoms with Crippen molar-refractivity contribution in [1.29, 1.82) is 0 Å². The lowest BCUT2D eigenvalue weighted by Crippen LogP contribution is -2.44. The summed E-state index contributed by atoms with van der Waals surface area (Å²) in [5, 5.41) is 12.5. The Bertz CT molecular complexity index is 765. The Morgan fingerprint density at radius 2 is 2.13 bits per heavy atom. The molecule has 0 aliphatic heterocycles. The van der Waals surface area contributed by atoms with Gasteiger partial charge in [-0.2, -0.15) is 0 Å². The maximum absolute atomic E-state index is 12.3. The second kappa shape index (κ2) is 6.50. The van der Waals surface area contributed by atoms with E-state index >= 15 is 0 Å². The predicted molar refractivity (Wildman–Crippen MR) is 87.0 cm³/mol. The fourth-order valence-corrected chi connectivity index (χ4v) is 3.14. The third-order valence-electron chi connectivity index (χ3n) is 4.76. The number of carbonyl (C=O) groups is 1. The highest BCUT2D eigenvalue weighted by molar-refractivity contribution is 5.78. The monoisotopic (exact) mass is 315 g/mol. The topological polar surface area (TPSA) is 84.2 Å². The number of carbonyl (C=O) groups excluding carboxylic acids is 1. The molecule has 0 unspecified atom stereocenters. The van der Waals surface area contributed by atoms with Crippen molar-refractivity contribution in [3.05, 3.63) is 40.9 Å². The molecule has 3 rings (SSSR count). The van der Waals surface area contributed by atoms with E-state index in [0.717, 1.165) is 19.3 Å². The molecule has 1 aliphatic carbocycles. The molecule has 0 bridgehead atoms. The van der Waals surface area contributed by atoms with Crippen LogP contribution in [-0.2, 0) is 11.3 Å². The molecular weight excluding hydrogens is 294 g/mol. The van der Waals surface area contributed by atoms with Crippen LogP contribution in [0.4, 0.5) is 0 Å². The molecule has 1 aromatic heterocycles. The van der Waals surface area contributed by atoms with Gasteiger partial charge >= 0.3 is 0 Å². The Hall–Kier alpha value is -2.21. The molecule has 23 heavy (non-hydrogen) atoms. The van der Waals surface area contributed by atoms with Gasteiger partial charge in [0.2, 0.25) is 5.91 Å². The number of aromatic nitrogens is 2. The van der Waals surface area contributed by atoms with E-state index < -0.39 is 0 Å². The summed E-state index contributed by atoms with van der Waals surface area (Å²) in [6.07, 6.45) is 5.34. The van der Waals surface area contributed by atoms with Crippen LogP contribution in [-0.4, -0.2) is 33.7 Å². The number of para-hydroxylation sites is 1. The van der Waals surface area contributed by atoms with Gasteiger partial charge in [-0.15, -0.1) is 0 Å². The number of rotatable bonds is 6. The van der Waals surface area contributed by atoms with E-state index in [9.17, 15) is 9.59 Å². The van der Waals surface area contributed by atoms with Crippen molar-refractivity contribution in [2.24, 2.45) is 5.41 Å². The van der Waals surface area contributed by atoms with Gasteiger partial charge in [-0.1, -0.05) is 18.6 Å². The molecule has 1 amide bonds. The van der Waals surface area contributed by atoms with Crippen LogP contribution < -0.4 is 10.9 Å². The Morgan fingerprint density at radius 1 is 1.35 bits per heavy atom. The molecule has 1 fully saturated rings. The van der Waals surface area contributed by atoms with E-state index in [4.69, 9.17) is 5.11 Å². The number of amides is 1. The van der Waals surface area contributed by atoms with E-state index in [0.29, 0.717) is 23.9 Å². The summed E-state index contributed by atoms with van der Waals surface area (Å²) in [5.41, 5.74) is 0.460. The molecule has 0 radical (unpaired) electrons. The lowest BCUT2D eigenvalue weighted by Gasteiger charge is -2.41. The average Bonchev–Trinajstić information content (AvgIpc) is 2.53. The molecule has 0 spiro atoms. The van der Waals surface area contributed by atoms with Crippen LogP contribution in [0.25, 0.3) is 10.9 Å². The van der Waals surface area contributed by atoms with Gasteiger partial charge in [0, 0.05) is 13.2 Å². The number of hydrogen-bond acceptors (Lipinski definition) is 4. The Morgan fingerprint density at radius 3 is 2.83 bits per heavy atom. The number of benzene rings is 1. The number of nitrogens with one attached hydrogen (secondary N) is 1. The molecule has 1 aliphatic rings. The Kier molecular flexibility index (Phi) is 4.43. The first kappa shape index (κ1) is 15.7. The van der Waals surface area contributed by atoms with Gasteiger partial charge in [0.05, 0.1) is 17.2 Å². The van der Waals surface area contributed by atoms with Crippen LogP contribution in [0.2, 0.25) is 0 Å². The SMILES string of the molecule is O=C(Cn1cnc2ccccc2c1=O)NCC1(CCO)CCC1. The molecule has 6 heteroatoms. The molecule has 2 aromatic rings. The molecular formula is C17H21N3O3. The van der Waals surface area contributed by atoms with Gasteiger partial charge in [0.25, 0.3) is 5.56 Å². The smallest absolute Gasteiger partial charge is 0.261 e. The molecule has 0 saturated heterocycles. The van der Waals surface area contributed by atoms with Crippen molar-refractivity contribution in [2.75, 3.05) is 13.2 Å². The van der Waals surface area contributed by atoms with E-state index in [2.05, 4.69) is 10.3 Å². The van der Waals surface area contributed by atoms with Gasteiger partial charge in [-0.3, -0.25) is 14.2 Å². The zero-order valence-corrected chi connectivity index (χ0v) is 13.0. The van der Waals surface area contributed by atoms with Crippen LogP contribution in [0.5, 0.6) is 0 Å². The maximum Gasteiger partial charge on any atom is 0.261 e. The molecule has 1 saturated carbocycles. The summed E-state index contributed by atoms with van der Waals surface area (Å²) in [4.78, 5) is 28.7. The molecule has 1 heterocycles. The summed E-state index contributed by atoms with van der Waals surface area (Å²) in [6.45, 7) is 0.665. The van der Waals surface area contributed by atoms with E-state index in [1.807, 2.05) is 6.07 Å². The number of hydrogen-bond donors (Lipinski definition) is 2. The lowest BCUT2D eigenvalue weighted by atomic mass is 9.67. The minimum Gasteiger partial charge on any atom is -0.396 e. The highest BCUT2D eigenvalue weighted by Crippen LogP contribution is 2.43. The maximum atomic E-state index is 12.3. The predicted octanol–water partition coefficient (Wildman–Crippen LogP) is 1.07. The van der Waals surface area contributed by atoms with Crippen molar-refractivity contribution < 1.29 is 9.90 Å². The van der Waals surface area contributed by atoms with Gasteiger partial charge in [-0.05, 0) is 36.8 Å². The normalized spacial score (nSPS) is 16.0. The van der Waals surface area contributed by atoms with Crippen molar-refractivity contribution in [3.8, 4) is 0 Å². The highest BCUT2D eigenvalue weighted by Gasteiger charge is 2.36. The summed E-state index contributed by atoms with van der Waals surface area (Å²) in [6, 6.07) is 7.09. The Balaban J connectivity index is 1.66. The first-order chi connectivity index (χ1) is 11.1. The summed E-state index contributed by atoms with van der Waals surface area (Å²) < 4.78 is 1.33. The van der Waals surface area contributed by atoms with Crippen LogP contribution in [0, 0.1) is 5.41 Å². The fraction of sp³-hybridized carbons (Fsp3) is 0.471. The van der Waals surface area contributed by atoms with E-state index in [-0.39, 0.29) is 30.0 Å². The third kappa shape index (κ3) is 3.27. The Labute approximate surface area is 134 Å². The highest BCUT2D eigenvalue weighted by atomic mass is 16.3. The van der Waals surface area contributed by atoms with E-state index in [1.54, 1.807) is 18.2 Å². The van der Waals surface area contributed by atoms with Crippen LogP contribution in [0.3, 0.4) is 0 Å². The molecule has 122 valence electrons. The summed E-state index contributed by atoms with van der Waals surface area (Å²) >= 11 is 0. The van der Waals surface area contributed by atoms with Crippen LogP contribution in [0.15, 0.2) is 35.4 Å². The summed E-state index contributed by atoms with van der Waals surface area (Å²) in [7, 11) is 0. The van der Waals surface area contributed by atoms with Gasteiger partial charge in [0.1, 0.15) is 6.54 Å². The summed E-state index contributed by atoms with van der Waals surface area (Å²) in [5.74, 6) is -0.201. The number of aliphatic hydroxyl groups excluding tert-OH is 1. The van der Waals surface area contributed by atoms with E-state index in [1.165, 1.54) is 10.9 Å². The number of aliphatic hydroxyl groups is 1. The van der Waals surface area contributed by atoms with Crippen molar-refractivity contribution in [1.82, 2.24) is 14.9 Å². The standard InChI is InChI=1S/C17H21N3O3/c21-9-8-17(6-3-7-17)11-18-15(22)10-20-12-19-14-5-2-1-4-13(14)16(20)23/h1-2,4-5,12,21H,3,6-11H2,(H,18,22). The third-order valence-corrected chi connectivity index (χ3v) is 4.76. The van der Waals surface area contributed by atoms with Gasteiger partial charge in [0.15, 0.2) is 0 Å². The zero-order valence-electron chi connectivity index (χ0n) is 13.0. The second-order valence-electron chi connectivity index (χ2n) is 6.30. The zero-order chi connectivity index (χ0) is 16.3. The number of nitrogens with zero attached hydrogens (tertiary/aromatic N) is 2. The van der Waals surface area contributed by atoms with Gasteiger partial charge < -0.3 is 10.4 Å². The van der Waals surface area contributed by atoms with Crippen molar-refractivity contribution >= 4 is 16.8 Å². The molecule has 1 aromatic carbocycles.